The van der Waals surface area contributed by atoms with Gasteiger partial charge in [0.2, 0.25) is 0 Å². The summed E-state index contributed by atoms with van der Waals surface area (Å²) in [5.74, 6) is -1.82. The second-order valence-electron chi connectivity index (χ2n) is 6.83. The van der Waals surface area contributed by atoms with Crippen LogP contribution in [0.4, 0.5) is 4.39 Å². The van der Waals surface area contributed by atoms with Gasteiger partial charge in [-0.15, -0.1) is 0 Å². The number of carboxylic acids is 1. The third kappa shape index (κ3) is 3.47. The van der Waals surface area contributed by atoms with E-state index in [1.807, 2.05) is 13.8 Å². The number of carboxylic acid groups (broad SMARTS) is 1. The summed E-state index contributed by atoms with van der Waals surface area (Å²) in [7, 11) is 0. The third-order valence-electron chi connectivity index (χ3n) is 4.80. The van der Waals surface area contributed by atoms with E-state index in [0.29, 0.717) is 30.6 Å². The lowest BCUT2D eigenvalue weighted by Gasteiger charge is -2.34. The van der Waals surface area contributed by atoms with Gasteiger partial charge in [0.1, 0.15) is 5.82 Å². The van der Waals surface area contributed by atoms with E-state index in [9.17, 15) is 19.1 Å². The maximum atomic E-state index is 13.2. The molecule has 1 aliphatic rings. The molecule has 2 aromatic rings. The molecule has 2 unspecified atom stereocenters. The van der Waals surface area contributed by atoms with E-state index in [2.05, 4.69) is 5.10 Å². The van der Waals surface area contributed by atoms with E-state index >= 15 is 0 Å². The van der Waals surface area contributed by atoms with Crippen molar-refractivity contribution < 1.29 is 19.1 Å². The quantitative estimate of drug-likeness (QED) is 0.911. The number of carbonyl (C=O) groups excluding carboxylic acids is 1. The first kappa shape index (κ1) is 18.1. The molecular formula is C19H22FN3O3. The van der Waals surface area contributed by atoms with Crippen LogP contribution in [0, 0.1) is 17.7 Å². The minimum absolute atomic E-state index is 0.131. The summed E-state index contributed by atoms with van der Waals surface area (Å²) in [4.78, 5) is 26.0. The van der Waals surface area contributed by atoms with Crippen molar-refractivity contribution in [3.8, 4) is 5.69 Å². The zero-order valence-electron chi connectivity index (χ0n) is 14.9. The Morgan fingerprint density at radius 1 is 1.27 bits per heavy atom. The molecule has 1 aromatic carbocycles. The Hall–Kier alpha value is -2.70. The summed E-state index contributed by atoms with van der Waals surface area (Å²) >= 11 is 0. The topological polar surface area (TPSA) is 75.4 Å². The molecule has 138 valence electrons. The number of hydrogen-bond acceptors (Lipinski definition) is 3. The van der Waals surface area contributed by atoms with Gasteiger partial charge in [0.05, 0.1) is 29.1 Å². The number of hydrogen-bond donors (Lipinski definition) is 1. The molecule has 0 spiro atoms. The molecule has 7 heteroatoms. The van der Waals surface area contributed by atoms with Gasteiger partial charge < -0.3 is 10.0 Å². The molecule has 1 aliphatic heterocycles. The average Bonchev–Trinajstić information content (AvgIpc) is 3.05. The van der Waals surface area contributed by atoms with Crippen LogP contribution in [0.15, 0.2) is 30.5 Å². The van der Waals surface area contributed by atoms with Crippen LogP contribution < -0.4 is 0 Å². The summed E-state index contributed by atoms with van der Waals surface area (Å²) < 4.78 is 14.8. The highest BCUT2D eigenvalue weighted by Gasteiger charge is 2.33. The van der Waals surface area contributed by atoms with Crippen LogP contribution in [0.3, 0.4) is 0 Å². The summed E-state index contributed by atoms with van der Waals surface area (Å²) in [5.41, 5.74) is 1.87. The summed E-state index contributed by atoms with van der Waals surface area (Å²) in [6.45, 7) is 4.63. The normalized spacial score (nSPS) is 20.2. The van der Waals surface area contributed by atoms with Crippen molar-refractivity contribution in [2.24, 2.45) is 11.8 Å². The van der Waals surface area contributed by atoms with Gasteiger partial charge in [0.15, 0.2) is 0 Å². The van der Waals surface area contributed by atoms with E-state index in [4.69, 9.17) is 0 Å². The highest BCUT2D eigenvalue weighted by Crippen LogP contribution is 2.25. The molecule has 2 atom stereocenters. The number of likely N-dealkylation sites (tertiary alicyclic amines) is 1. The largest absolute Gasteiger partial charge is 0.481 e. The molecule has 0 bridgehead atoms. The zero-order chi connectivity index (χ0) is 18.8. The standard InChI is InChI=1S/C19H22FN3O3/c1-3-17-16(9-21-23(17)15-6-4-14(20)5-7-15)18(24)22-10-12(2)8-13(11-22)19(25)26/h4-7,9,12-13H,3,8,10-11H2,1-2H3,(H,25,26). The van der Waals surface area contributed by atoms with Crippen LogP contribution in [-0.2, 0) is 11.2 Å². The fraction of sp³-hybridized carbons (Fsp3) is 0.421. The summed E-state index contributed by atoms with van der Waals surface area (Å²) in [6.07, 6.45) is 2.67. The molecule has 0 aliphatic carbocycles. The van der Waals surface area contributed by atoms with Crippen molar-refractivity contribution >= 4 is 11.9 Å². The number of aromatic nitrogens is 2. The first-order chi connectivity index (χ1) is 12.4. The van der Waals surface area contributed by atoms with Crippen molar-refractivity contribution in [1.82, 2.24) is 14.7 Å². The van der Waals surface area contributed by atoms with Crippen molar-refractivity contribution in [3.05, 3.63) is 47.5 Å². The minimum Gasteiger partial charge on any atom is -0.481 e. The van der Waals surface area contributed by atoms with E-state index in [0.717, 1.165) is 5.69 Å². The molecule has 26 heavy (non-hydrogen) atoms. The van der Waals surface area contributed by atoms with Crippen molar-refractivity contribution in [3.63, 3.8) is 0 Å². The molecule has 3 rings (SSSR count). The van der Waals surface area contributed by atoms with Gasteiger partial charge in [-0.25, -0.2) is 9.07 Å². The van der Waals surface area contributed by atoms with Crippen molar-refractivity contribution in [1.29, 1.82) is 0 Å². The first-order valence-electron chi connectivity index (χ1n) is 8.75. The van der Waals surface area contributed by atoms with Crippen molar-refractivity contribution in [2.45, 2.75) is 26.7 Å². The summed E-state index contributed by atoms with van der Waals surface area (Å²) in [5, 5.41) is 13.6. The molecule has 0 saturated carbocycles. The number of benzene rings is 1. The SMILES string of the molecule is CCc1c(C(=O)N2CC(C)CC(C(=O)O)C2)cnn1-c1ccc(F)cc1. The van der Waals surface area contributed by atoms with Crippen molar-refractivity contribution in [2.75, 3.05) is 13.1 Å². The summed E-state index contributed by atoms with van der Waals surface area (Å²) in [6, 6.07) is 5.92. The molecule has 1 saturated heterocycles. The number of amides is 1. The Morgan fingerprint density at radius 2 is 1.96 bits per heavy atom. The number of piperidine rings is 1. The van der Waals surface area contributed by atoms with Gasteiger partial charge in [0.25, 0.3) is 5.91 Å². The number of nitrogens with zero attached hydrogens (tertiary/aromatic N) is 3. The molecule has 1 N–H and O–H groups in total. The fourth-order valence-corrected chi connectivity index (χ4v) is 3.56. The smallest absolute Gasteiger partial charge is 0.308 e. The fourth-order valence-electron chi connectivity index (χ4n) is 3.56. The van der Waals surface area contributed by atoms with Gasteiger partial charge in [-0.2, -0.15) is 5.10 Å². The molecular weight excluding hydrogens is 337 g/mol. The van der Waals surface area contributed by atoms with Crippen LogP contribution in [-0.4, -0.2) is 44.8 Å². The van der Waals surface area contributed by atoms with E-state index in [1.165, 1.54) is 18.3 Å². The monoisotopic (exact) mass is 359 g/mol. The number of aliphatic carboxylic acids is 1. The van der Waals surface area contributed by atoms with Crippen LogP contribution >= 0.6 is 0 Å². The molecule has 1 fully saturated rings. The Kier molecular flexibility index (Phi) is 5.06. The van der Waals surface area contributed by atoms with Gasteiger partial charge in [0, 0.05) is 13.1 Å². The number of halogens is 1. The van der Waals surface area contributed by atoms with Gasteiger partial charge in [-0.05, 0) is 43.0 Å². The van der Waals surface area contributed by atoms with E-state index in [1.54, 1.807) is 21.7 Å². The Labute approximate surface area is 151 Å². The van der Waals surface area contributed by atoms with Crippen LogP contribution in [0.25, 0.3) is 5.69 Å². The second kappa shape index (κ2) is 7.27. The Morgan fingerprint density at radius 3 is 2.58 bits per heavy atom. The Balaban J connectivity index is 1.90. The lowest BCUT2D eigenvalue weighted by Crippen LogP contribution is -2.45. The van der Waals surface area contributed by atoms with Gasteiger partial charge in [-0.1, -0.05) is 13.8 Å². The molecule has 2 heterocycles. The zero-order valence-corrected chi connectivity index (χ0v) is 14.9. The number of carbonyl (C=O) groups is 2. The first-order valence-corrected chi connectivity index (χ1v) is 8.75. The van der Waals surface area contributed by atoms with Crippen LogP contribution in [0.2, 0.25) is 0 Å². The molecule has 1 amide bonds. The van der Waals surface area contributed by atoms with E-state index < -0.39 is 11.9 Å². The minimum atomic E-state index is -0.868. The molecule has 6 nitrogen and oxygen atoms in total. The maximum Gasteiger partial charge on any atom is 0.308 e. The average molecular weight is 359 g/mol. The predicted octanol–water partition coefficient (Wildman–Crippen LogP) is 2.76. The Bertz CT molecular complexity index is 816. The third-order valence-corrected chi connectivity index (χ3v) is 4.80. The predicted molar refractivity (Wildman–Crippen MR) is 93.7 cm³/mol. The van der Waals surface area contributed by atoms with Crippen LogP contribution in [0.5, 0.6) is 0 Å². The molecule has 1 aromatic heterocycles. The molecule has 0 radical (unpaired) electrons. The van der Waals surface area contributed by atoms with Gasteiger partial charge in [-0.3, -0.25) is 9.59 Å². The lowest BCUT2D eigenvalue weighted by molar-refractivity contribution is -0.143. The van der Waals surface area contributed by atoms with Gasteiger partial charge >= 0.3 is 5.97 Å². The van der Waals surface area contributed by atoms with E-state index in [-0.39, 0.29) is 24.2 Å². The lowest BCUT2D eigenvalue weighted by atomic mass is 9.90. The second-order valence-corrected chi connectivity index (χ2v) is 6.83. The van der Waals surface area contributed by atoms with Crippen LogP contribution in [0.1, 0.15) is 36.3 Å². The number of rotatable bonds is 4. The maximum absolute atomic E-state index is 13.2. The highest BCUT2D eigenvalue weighted by atomic mass is 19.1. The highest BCUT2D eigenvalue weighted by molar-refractivity contribution is 5.95.